The molecule has 0 aromatic heterocycles. The molecule has 10 heteroatoms. The van der Waals surface area contributed by atoms with Gasteiger partial charge in [0.25, 0.3) is 11.6 Å². The van der Waals surface area contributed by atoms with E-state index in [4.69, 9.17) is 21.1 Å². The highest BCUT2D eigenvalue weighted by Crippen LogP contribution is 2.37. The molecule has 172 valence electrons. The van der Waals surface area contributed by atoms with Crippen molar-refractivity contribution in [3.8, 4) is 17.6 Å². The molecule has 0 unspecified atom stereocenters. The summed E-state index contributed by atoms with van der Waals surface area (Å²) in [6.07, 6.45) is 1.27. The second kappa shape index (κ2) is 10.9. The highest BCUT2D eigenvalue weighted by atomic mass is 35.5. The molecular weight excluding hydrogens is 465 g/mol. The van der Waals surface area contributed by atoms with Crippen LogP contribution < -0.4 is 14.8 Å². The number of nitrogens with one attached hydrogen (secondary N) is 1. The summed E-state index contributed by atoms with van der Waals surface area (Å²) in [6, 6.07) is 16.3. The van der Waals surface area contributed by atoms with Gasteiger partial charge in [0.15, 0.2) is 11.5 Å². The molecule has 8 nitrogen and oxygen atoms in total. The number of nitro benzene ring substituents is 1. The summed E-state index contributed by atoms with van der Waals surface area (Å²) in [5, 5.41) is 22.8. The van der Waals surface area contributed by atoms with Gasteiger partial charge in [0.05, 0.1) is 22.7 Å². The van der Waals surface area contributed by atoms with E-state index in [0.717, 1.165) is 0 Å². The number of amides is 1. The Morgan fingerprint density at radius 1 is 1.24 bits per heavy atom. The zero-order valence-electron chi connectivity index (χ0n) is 17.7. The number of hydrogen-bond acceptors (Lipinski definition) is 6. The molecule has 0 atom stereocenters. The molecule has 0 saturated heterocycles. The summed E-state index contributed by atoms with van der Waals surface area (Å²) in [7, 11) is 1.38. The number of benzene rings is 3. The molecule has 0 aliphatic carbocycles. The lowest BCUT2D eigenvalue weighted by molar-refractivity contribution is -0.384. The SMILES string of the molecule is COc1cc(/C=C(/C#N)C(=O)Nc2ccccc2F)cc(Cl)c1OCc1cccc([N+](=O)[O-])c1. The van der Waals surface area contributed by atoms with Crippen molar-refractivity contribution in [2.75, 3.05) is 12.4 Å². The fourth-order valence-corrected chi connectivity index (χ4v) is 3.22. The van der Waals surface area contributed by atoms with Gasteiger partial charge in [-0.25, -0.2) is 4.39 Å². The van der Waals surface area contributed by atoms with Gasteiger partial charge in [0, 0.05) is 12.1 Å². The molecule has 0 spiro atoms. The molecule has 3 rings (SSSR count). The maximum atomic E-state index is 13.8. The van der Waals surface area contributed by atoms with Gasteiger partial charge in [-0.3, -0.25) is 14.9 Å². The van der Waals surface area contributed by atoms with Crippen LogP contribution in [0.5, 0.6) is 11.5 Å². The Labute approximate surface area is 198 Å². The van der Waals surface area contributed by atoms with Gasteiger partial charge < -0.3 is 14.8 Å². The molecule has 1 amide bonds. The minimum absolute atomic E-state index is 0.0125. The van der Waals surface area contributed by atoms with E-state index in [2.05, 4.69) is 5.32 Å². The number of ether oxygens (including phenoxy) is 2. The lowest BCUT2D eigenvalue weighted by Gasteiger charge is -2.13. The Morgan fingerprint density at radius 2 is 2.00 bits per heavy atom. The number of halogens is 2. The molecule has 3 aromatic rings. The molecule has 0 saturated carbocycles. The van der Waals surface area contributed by atoms with Crippen LogP contribution in [0.1, 0.15) is 11.1 Å². The number of nitro groups is 1. The van der Waals surface area contributed by atoms with E-state index in [-0.39, 0.29) is 40.1 Å². The maximum absolute atomic E-state index is 13.8. The minimum Gasteiger partial charge on any atom is -0.493 e. The number of anilines is 1. The number of nitrogens with zero attached hydrogens (tertiary/aromatic N) is 2. The van der Waals surface area contributed by atoms with Crippen molar-refractivity contribution < 1.29 is 23.6 Å². The summed E-state index contributed by atoms with van der Waals surface area (Å²) < 4.78 is 24.8. The van der Waals surface area contributed by atoms with Gasteiger partial charge in [-0.2, -0.15) is 5.26 Å². The van der Waals surface area contributed by atoms with Crippen molar-refractivity contribution >= 4 is 35.0 Å². The monoisotopic (exact) mass is 481 g/mol. The van der Waals surface area contributed by atoms with Gasteiger partial charge >= 0.3 is 0 Å². The topological polar surface area (TPSA) is 114 Å². The first-order valence-electron chi connectivity index (χ1n) is 9.73. The van der Waals surface area contributed by atoms with Crippen LogP contribution in [0.3, 0.4) is 0 Å². The smallest absolute Gasteiger partial charge is 0.269 e. The number of non-ortho nitro benzene ring substituents is 1. The Balaban J connectivity index is 1.83. The lowest BCUT2D eigenvalue weighted by Crippen LogP contribution is -2.14. The van der Waals surface area contributed by atoms with E-state index in [1.807, 2.05) is 0 Å². The Morgan fingerprint density at radius 3 is 2.68 bits per heavy atom. The minimum atomic E-state index is -0.798. The Bertz CT molecular complexity index is 1320. The van der Waals surface area contributed by atoms with Gasteiger partial charge in [-0.15, -0.1) is 0 Å². The van der Waals surface area contributed by atoms with Gasteiger partial charge in [-0.1, -0.05) is 35.9 Å². The standard InChI is InChI=1S/C24H17ClFN3O5/c1-33-22-12-16(9-17(13-27)24(30)28-21-8-3-2-7-20(21)26)11-19(25)23(22)34-14-15-5-4-6-18(10-15)29(31)32/h2-12H,14H2,1H3,(H,28,30)/b17-9-. The fraction of sp³-hybridized carbons (Fsp3) is 0.0833. The van der Waals surface area contributed by atoms with Crippen molar-refractivity contribution in [1.82, 2.24) is 0 Å². The number of methoxy groups -OCH3 is 1. The summed E-state index contributed by atoms with van der Waals surface area (Å²) in [5.74, 6) is -1.03. The first-order valence-corrected chi connectivity index (χ1v) is 10.1. The van der Waals surface area contributed by atoms with Crippen LogP contribution in [0.4, 0.5) is 15.8 Å². The van der Waals surface area contributed by atoms with Crippen LogP contribution in [0.25, 0.3) is 6.08 Å². The number of carbonyl (C=O) groups is 1. The first kappa shape index (κ1) is 24.2. The number of hydrogen-bond donors (Lipinski definition) is 1. The van der Waals surface area contributed by atoms with E-state index in [1.54, 1.807) is 24.3 Å². The average Bonchev–Trinajstić information content (AvgIpc) is 2.83. The van der Waals surface area contributed by atoms with Crippen molar-refractivity contribution in [2.24, 2.45) is 0 Å². The van der Waals surface area contributed by atoms with Gasteiger partial charge in [0.1, 0.15) is 24.1 Å². The third kappa shape index (κ3) is 5.88. The van der Waals surface area contributed by atoms with Crippen LogP contribution in [0.15, 0.2) is 66.2 Å². The first-order chi connectivity index (χ1) is 16.3. The molecule has 0 bridgehead atoms. The quantitative estimate of drug-likeness (QED) is 0.196. The second-order valence-electron chi connectivity index (χ2n) is 6.85. The van der Waals surface area contributed by atoms with Crippen molar-refractivity contribution in [2.45, 2.75) is 6.61 Å². The summed E-state index contributed by atoms with van der Waals surface area (Å²) in [5.41, 5.74) is 0.496. The highest BCUT2D eigenvalue weighted by molar-refractivity contribution is 6.32. The van der Waals surface area contributed by atoms with E-state index >= 15 is 0 Å². The Hall–Kier alpha value is -4.42. The maximum Gasteiger partial charge on any atom is 0.269 e. The summed E-state index contributed by atoms with van der Waals surface area (Å²) in [6.45, 7) is -0.0125. The van der Waals surface area contributed by atoms with Crippen LogP contribution in [-0.4, -0.2) is 17.9 Å². The van der Waals surface area contributed by atoms with Crippen LogP contribution in [0.2, 0.25) is 5.02 Å². The molecule has 0 aliphatic rings. The molecule has 0 fully saturated rings. The number of carbonyl (C=O) groups excluding carboxylic acids is 1. The molecule has 1 N–H and O–H groups in total. The molecule has 0 radical (unpaired) electrons. The predicted molar refractivity (Wildman–Crippen MR) is 124 cm³/mol. The number of rotatable bonds is 8. The number of para-hydroxylation sites is 1. The summed E-state index contributed by atoms with van der Waals surface area (Å²) >= 11 is 6.34. The molecule has 0 heterocycles. The third-order valence-electron chi connectivity index (χ3n) is 4.55. The average molecular weight is 482 g/mol. The largest absolute Gasteiger partial charge is 0.493 e. The third-order valence-corrected chi connectivity index (χ3v) is 4.84. The normalized spacial score (nSPS) is 10.8. The van der Waals surface area contributed by atoms with Crippen LogP contribution in [0, 0.1) is 27.3 Å². The van der Waals surface area contributed by atoms with Crippen molar-refractivity contribution in [3.05, 3.63) is 98.3 Å². The Kier molecular flexibility index (Phi) is 7.79. The van der Waals surface area contributed by atoms with Gasteiger partial charge in [0.2, 0.25) is 0 Å². The zero-order valence-corrected chi connectivity index (χ0v) is 18.5. The fourth-order valence-electron chi connectivity index (χ4n) is 2.95. The molecular formula is C24H17ClFN3O5. The molecule has 34 heavy (non-hydrogen) atoms. The second-order valence-corrected chi connectivity index (χ2v) is 7.26. The lowest BCUT2D eigenvalue weighted by atomic mass is 10.1. The molecule has 0 aliphatic heterocycles. The van der Waals surface area contributed by atoms with Gasteiger partial charge in [-0.05, 0) is 41.5 Å². The van der Waals surface area contributed by atoms with E-state index in [9.17, 15) is 24.6 Å². The molecule has 3 aromatic carbocycles. The zero-order chi connectivity index (χ0) is 24.7. The van der Waals surface area contributed by atoms with Crippen LogP contribution in [-0.2, 0) is 11.4 Å². The van der Waals surface area contributed by atoms with Crippen molar-refractivity contribution in [3.63, 3.8) is 0 Å². The van der Waals surface area contributed by atoms with Crippen molar-refractivity contribution in [1.29, 1.82) is 5.26 Å². The van der Waals surface area contributed by atoms with Crippen LogP contribution >= 0.6 is 11.6 Å². The number of nitriles is 1. The van der Waals surface area contributed by atoms with E-state index in [0.29, 0.717) is 11.1 Å². The highest BCUT2D eigenvalue weighted by Gasteiger charge is 2.16. The predicted octanol–water partition coefficient (Wildman–Crippen LogP) is 5.52. The van der Waals surface area contributed by atoms with E-state index in [1.165, 1.54) is 55.7 Å². The van der Waals surface area contributed by atoms with E-state index < -0.39 is 16.6 Å². The summed E-state index contributed by atoms with van der Waals surface area (Å²) in [4.78, 5) is 22.9.